The molecule has 0 saturated carbocycles. The largest absolute Gasteiger partial charge is 0.489 e. The lowest BCUT2D eigenvalue weighted by molar-refractivity contribution is -0.0459. The van der Waals surface area contributed by atoms with E-state index in [1.807, 2.05) is 37.3 Å². The molecular formula is C20H23BrClNO3. The van der Waals surface area contributed by atoms with Gasteiger partial charge in [-0.3, -0.25) is 4.90 Å². The Morgan fingerprint density at radius 1 is 1.31 bits per heavy atom. The zero-order valence-electron chi connectivity index (χ0n) is 14.7. The minimum absolute atomic E-state index is 0.0245. The molecule has 3 rings (SSSR count). The van der Waals surface area contributed by atoms with Gasteiger partial charge < -0.3 is 14.6 Å². The molecule has 0 aliphatic carbocycles. The fourth-order valence-corrected chi connectivity index (χ4v) is 3.56. The van der Waals surface area contributed by atoms with Gasteiger partial charge in [-0.15, -0.1) is 0 Å². The van der Waals surface area contributed by atoms with Gasteiger partial charge in [-0.05, 0) is 42.3 Å². The van der Waals surface area contributed by atoms with Crippen LogP contribution in [0.5, 0.6) is 5.75 Å². The summed E-state index contributed by atoms with van der Waals surface area (Å²) >= 11 is 9.62. The number of halogens is 2. The number of aliphatic hydroxyl groups is 1. The van der Waals surface area contributed by atoms with Crippen LogP contribution in [0.1, 0.15) is 17.2 Å². The van der Waals surface area contributed by atoms with Crippen LogP contribution >= 0.6 is 27.5 Å². The number of hydrogen-bond acceptors (Lipinski definition) is 4. The highest BCUT2D eigenvalue weighted by molar-refractivity contribution is 9.10. The molecule has 0 spiro atoms. The van der Waals surface area contributed by atoms with Crippen molar-refractivity contribution in [2.75, 3.05) is 32.8 Å². The summed E-state index contributed by atoms with van der Waals surface area (Å²) in [6.45, 7) is 4.94. The average molecular weight is 441 g/mol. The van der Waals surface area contributed by atoms with Gasteiger partial charge in [0.2, 0.25) is 0 Å². The number of rotatable bonds is 6. The first kappa shape index (κ1) is 19.6. The number of aryl methyl sites for hydroxylation is 1. The van der Waals surface area contributed by atoms with Gasteiger partial charge in [0.05, 0.1) is 17.7 Å². The van der Waals surface area contributed by atoms with E-state index in [1.165, 1.54) is 0 Å². The molecule has 1 heterocycles. The summed E-state index contributed by atoms with van der Waals surface area (Å²) in [7, 11) is 0. The number of benzene rings is 2. The highest BCUT2D eigenvalue weighted by Crippen LogP contribution is 2.26. The van der Waals surface area contributed by atoms with Gasteiger partial charge in [0.15, 0.2) is 0 Å². The lowest BCUT2D eigenvalue weighted by Crippen LogP contribution is -2.43. The number of aliphatic hydroxyl groups excluding tert-OH is 1. The molecule has 6 heteroatoms. The second-order valence-corrected chi connectivity index (χ2v) is 7.89. The molecule has 2 aromatic carbocycles. The lowest BCUT2D eigenvalue weighted by atomic mass is 10.1. The van der Waals surface area contributed by atoms with Crippen LogP contribution in [0.2, 0.25) is 5.02 Å². The normalized spacial score (nSPS) is 19.3. The summed E-state index contributed by atoms with van der Waals surface area (Å²) in [5.41, 5.74) is 2.23. The minimum atomic E-state index is -0.587. The fourth-order valence-electron chi connectivity index (χ4n) is 3.01. The third kappa shape index (κ3) is 5.44. The molecule has 2 unspecified atom stereocenters. The van der Waals surface area contributed by atoms with Gasteiger partial charge in [-0.2, -0.15) is 0 Å². The van der Waals surface area contributed by atoms with E-state index in [2.05, 4.69) is 33.0 Å². The lowest BCUT2D eigenvalue weighted by Gasteiger charge is -2.34. The van der Waals surface area contributed by atoms with Crippen molar-refractivity contribution < 1.29 is 14.6 Å². The van der Waals surface area contributed by atoms with Gasteiger partial charge in [0, 0.05) is 24.1 Å². The Kier molecular flexibility index (Phi) is 6.95. The Bertz CT molecular complexity index is 725. The van der Waals surface area contributed by atoms with Crippen LogP contribution in [-0.4, -0.2) is 49.0 Å². The highest BCUT2D eigenvalue weighted by Gasteiger charge is 2.23. The molecule has 140 valence electrons. The van der Waals surface area contributed by atoms with E-state index in [0.29, 0.717) is 23.9 Å². The molecule has 1 saturated heterocycles. The second kappa shape index (κ2) is 9.20. The average Bonchev–Trinajstić information content (AvgIpc) is 2.62. The van der Waals surface area contributed by atoms with E-state index in [4.69, 9.17) is 21.1 Å². The SMILES string of the molecule is Cc1ccc(OCC(O)CN2CCOC(c3ccc(Br)cc3)C2)c(Cl)c1. The smallest absolute Gasteiger partial charge is 0.138 e. The monoisotopic (exact) mass is 439 g/mol. The predicted molar refractivity (Wildman–Crippen MR) is 107 cm³/mol. The standard InChI is InChI=1S/C20H23BrClNO3/c1-14-2-7-19(18(22)10-14)26-13-17(24)11-23-8-9-25-20(12-23)15-3-5-16(21)6-4-15/h2-7,10,17,20,24H,8-9,11-13H2,1H3. The summed E-state index contributed by atoms with van der Waals surface area (Å²) in [6.07, 6.45) is -0.562. The van der Waals surface area contributed by atoms with Crippen molar-refractivity contribution in [3.8, 4) is 5.75 Å². The van der Waals surface area contributed by atoms with E-state index < -0.39 is 6.10 Å². The van der Waals surface area contributed by atoms with Crippen molar-refractivity contribution in [1.82, 2.24) is 4.90 Å². The van der Waals surface area contributed by atoms with Gasteiger partial charge >= 0.3 is 0 Å². The summed E-state index contributed by atoms with van der Waals surface area (Å²) in [4.78, 5) is 2.21. The van der Waals surface area contributed by atoms with Crippen LogP contribution < -0.4 is 4.74 Å². The van der Waals surface area contributed by atoms with Crippen molar-refractivity contribution in [1.29, 1.82) is 0 Å². The van der Waals surface area contributed by atoms with Gasteiger partial charge in [-0.25, -0.2) is 0 Å². The number of morpholine rings is 1. The summed E-state index contributed by atoms with van der Waals surface area (Å²) < 4.78 is 12.6. The molecule has 1 fully saturated rings. The first-order valence-electron chi connectivity index (χ1n) is 8.67. The molecule has 2 atom stereocenters. The maximum absolute atomic E-state index is 10.3. The van der Waals surface area contributed by atoms with Crippen LogP contribution in [-0.2, 0) is 4.74 Å². The topological polar surface area (TPSA) is 41.9 Å². The summed E-state index contributed by atoms with van der Waals surface area (Å²) in [5.74, 6) is 0.603. The van der Waals surface area contributed by atoms with Crippen LogP contribution in [0.3, 0.4) is 0 Å². The quantitative estimate of drug-likeness (QED) is 0.730. The first-order valence-corrected chi connectivity index (χ1v) is 9.85. The van der Waals surface area contributed by atoms with Crippen molar-refractivity contribution >= 4 is 27.5 Å². The van der Waals surface area contributed by atoms with Crippen LogP contribution in [0.15, 0.2) is 46.9 Å². The molecule has 1 N–H and O–H groups in total. The molecule has 26 heavy (non-hydrogen) atoms. The van der Waals surface area contributed by atoms with Crippen molar-refractivity contribution in [2.24, 2.45) is 0 Å². The molecule has 2 aromatic rings. The summed E-state index contributed by atoms with van der Waals surface area (Å²) in [5, 5.41) is 10.9. The fraction of sp³-hybridized carbons (Fsp3) is 0.400. The van der Waals surface area contributed by atoms with Crippen molar-refractivity contribution in [2.45, 2.75) is 19.1 Å². The molecule has 0 bridgehead atoms. The van der Waals surface area contributed by atoms with E-state index in [1.54, 1.807) is 0 Å². The van der Waals surface area contributed by atoms with E-state index in [9.17, 15) is 5.11 Å². The maximum Gasteiger partial charge on any atom is 0.138 e. The molecule has 4 nitrogen and oxygen atoms in total. The second-order valence-electron chi connectivity index (χ2n) is 6.57. The van der Waals surface area contributed by atoms with E-state index >= 15 is 0 Å². The number of nitrogens with zero attached hydrogens (tertiary/aromatic N) is 1. The molecule has 0 amide bonds. The highest BCUT2D eigenvalue weighted by atomic mass is 79.9. The van der Waals surface area contributed by atoms with E-state index in [0.717, 1.165) is 28.7 Å². The Balaban J connectivity index is 1.50. The zero-order valence-corrected chi connectivity index (χ0v) is 17.0. The molecule has 1 aliphatic rings. The summed E-state index contributed by atoms with van der Waals surface area (Å²) in [6, 6.07) is 13.8. The van der Waals surface area contributed by atoms with E-state index in [-0.39, 0.29) is 12.7 Å². The number of ether oxygens (including phenoxy) is 2. The molecular weight excluding hydrogens is 418 g/mol. The predicted octanol–water partition coefficient (Wildman–Crippen LogP) is 4.22. The van der Waals surface area contributed by atoms with Crippen molar-refractivity contribution in [3.63, 3.8) is 0 Å². The number of β-amino-alcohol motifs (C(OH)–C–C–N with tert-alkyl or cyclic N) is 1. The first-order chi connectivity index (χ1) is 12.5. The molecule has 0 aromatic heterocycles. The minimum Gasteiger partial charge on any atom is -0.489 e. The van der Waals surface area contributed by atoms with Crippen LogP contribution in [0, 0.1) is 6.92 Å². The Morgan fingerprint density at radius 2 is 2.08 bits per heavy atom. The Hall–Kier alpha value is -1.11. The molecule has 0 radical (unpaired) electrons. The van der Waals surface area contributed by atoms with Crippen LogP contribution in [0.4, 0.5) is 0 Å². The Labute approximate surface area is 167 Å². The van der Waals surface area contributed by atoms with Crippen LogP contribution in [0.25, 0.3) is 0 Å². The van der Waals surface area contributed by atoms with Gasteiger partial charge in [-0.1, -0.05) is 45.7 Å². The zero-order chi connectivity index (χ0) is 18.5. The van der Waals surface area contributed by atoms with Crippen molar-refractivity contribution in [3.05, 3.63) is 63.1 Å². The van der Waals surface area contributed by atoms with Gasteiger partial charge in [0.1, 0.15) is 18.5 Å². The third-order valence-electron chi connectivity index (χ3n) is 4.38. The Morgan fingerprint density at radius 3 is 2.81 bits per heavy atom. The third-order valence-corrected chi connectivity index (χ3v) is 5.20. The number of hydrogen-bond donors (Lipinski definition) is 1. The maximum atomic E-state index is 10.3. The molecule has 1 aliphatic heterocycles. The van der Waals surface area contributed by atoms with Gasteiger partial charge in [0.25, 0.3) is 0 Å².